The third kappa shape index (κ3) is 6.09. The van der Waals surface area contributed by atoms with Crippen molar-refractivity contribution < 1.29 is 9.47 Å². The topological polar surface area (TPSA) is 61.2 Å². The van der Waals surface area contributed by atoms with Crippen LogP contribution in [0.3, 0.4) is 0 Å². The molecule has 0 radical (unpaired) electrons. The molecule has 18 heavy (non-hydrogen) atoms. The molecule has 104 valence electrons. The zero-order valence-corrected chi connectivity index (χ0v) is 11.6. The second-order valence-electron chi connectivity index (χ2n) is 4.29. The highest BCUT2D eigenvalue weighted by atomic mass is 16.5. The van der Waals surface area contributed by atoms with Gasteiger partial charge in [-0.1, -0.05) is 12.1 Å². The van der Waals surface area contributed by atoms with Crippen LogP contribution in [0.25, 0.3) is 0 Å². The van der Waals surface area contributed by atoms with Crippen molar-refractivity contribution in [1.29, 1.82) is 0 Å². The van der Waals surface area contributed by atoms with Crippen molar-refractivity contribution in [2.75, 3.05) is 26.9 Å². The third-order valence-corrected chi connectivity index (χ3v) is 2.44. The second kappa shape index (κ2) is 9.02. The van der Waals surface area contributed by atoms with E-state index in [1.807, 2.05) is 17.8 Å². The summed E-state index contributed by atoms with van der Waals surface area (Å²) in [7, 11) is 1.67. The lowest BCUT2D eigenvalue weighted by molar-refractivity contribution is 0.00494. The summed E-state index contributed by atoms with van der Waals surface area (Å²) in [5, 5.41) is 11.4. The fourth-order valence-corrected chi connectivity index (χ4v) is 1.55. The molecule has 1 heterocycles. The van der Waals surface area contributed by atoms with Crippen LogP contribution in [0.2, 0.25) is 0 Å². The maximum absolute atomic E-state index is 5.56. The van der Waals surface area contributed by atoms with Gasteiger partial charge in [0.2, 0.25) is 0 Å². The Labute approximate surface area is 109 Å². The van der Waals surface area contributed by atoms with Crippen LogP contribution < -0.4 is 5.32 Å². The minimum Gasteiger partial charge on any atom is -0.382 e. The van der Waals surface area contributed by atoms with Crippen LogP contribution in [0.1, 0.15) is 26.0 Å². The van der Waals surface area contributed by atoms with Gasteiger partial charge in [-0.15, -0.1) is 5.10 Å². The molecule has 0 saturated heterocycles. The van der Waals surface area contributed by atoms with E-state index in [9.17, 15) is 0 Å². The molecule has 0 spiro atoms. The molecule has 0 aliphatic rings. The highest BCUT2D eigenvalue weighted by molar-refractivity contribution is 4.91. The average molecular weight is 256 g/mol. The lowest BCUT2D eigenvalue weighted by Gasteiger charge is -2.11. The van der Waals surface area contributed by atoms with Gasteiger partial charge in [0.25, 0.3) is 0 Å². The van der Waals surface area contributed by atoms with Crippen LogP contribution >= 0.6 is 0 Å². The highest BCUT2D eigenvalue weighted by Gasteiger charge is 2.03. The molecule has 0 amide bonds. The Bertz CT molecular complexity index is 317. The number of hydrogen-bond donors (Lipinski definition) is 1. The smallest absolute Gasteiger partial charge is 0.0964 e. The van der Waals surface area contributed by atoms with E-state index in [4.69, 9.17) is 9.47 Å². The van der Waals surface area contributed by atoms with E-state index < -0.39 is 0 Å². The van der Waals surface area contributed by atoms with Crippen molar-refractivity contribution in [3.8, 4) is 0 Å². The first kappa shape index (κ1) is 15.1. The monoisotopic (exact) mass is 256 g/mol. The molecular weight excluding hydrogens is 232 g/mol. The summed E-state index contributed by atoms with van der Waals surface area (Å²) in [6.07, 6.45) is 3.19. The number of rotatable bonds is 10. The molecule has 1 unspecified atom stereocenters. The van der Waals surface area contributed by atoms with Gasteiger partial charge in [0.1, 0.15) is 0 Å². The molecule has 0 aliphatic carbocycles. The van der Waals surface area contributed by atoms with Gasteiger partial charge in [-0.3, -0.25) is 0 Å². The number of aromatic nitrogens is 3. The third-order valence-electron chi connectivity index (χ3n) is 2.44. The van der Waals surface area contributed by atoms with E-state index in [0.717, 1.165) is 31.7 Å². The molecule has 6 nitrogen and oxygen atoms in total. The maximum Gasteiger partial charge on any atom is 0.0964 e. The first-order valence-corrected chi connectivity index (χ1v) is 6.46. The molecule has 1 atom stereocenters. The van der Waals surface area contributed by atoms with Gasteiger partial charge < -0.3 is 14.8 Å². The molecule has 1 N–H and O–H groups in total. The van der Waals surface area contributed by atoms with Crippen LogP contribution in [0.5, 0.6) is 0 Å². The Kier molecular flexibility index (Phi) is 7.55. The zero-order chi connectivity index (χ0) is 13.2. The molecule has 0 aromatic carbocycles. The standard InChI is InChI=1S/C12H24N4O2/c1-4-5-13-8-12-9-16(15-14-12)6-7-18-11(2)10-17-3/h9,11,13H,4-8,10H2,1-3H3. The summed E-state index contributed by atoms with van der Waals surface area (Å²) in [6.45, 7) is 7.86. The van der Waals surface area contributed by atoms with E-state index in [0.29, 0.717) is 13.2 Å². The normalized spacial score (nSPS) is 12.8. The molecule has 1 aromatic heterocycles. The number of hydrogen-bond acceptors (Lipinski definition) is 5. The first-order valence-electron chi connectivity index (χ1n) is 6.46. The van der Waals surface area contributed by atoms with Crippen molar-refractivity contribution in [1.82, 2.24) is 20.3 Å². The fourth-order valence-electron chi connectivity index (χ4n) is 1.55. The maximum atomic E-state index is 5.56. The van der Waals surface area contributed by atoms with Crippen molar-refractivity contribution in [3.63, 3.8) is 0 Å². The van der Waals surface area contributed by atoms with Gasteiger partial charge in [0.05, 0.1) is 31.6 Å². The van der Waals surface area contributed by atoms with Crippen LogP contribution in [-0.4, -0.2) is 48.0 Å². The van der Waals surface area contributed by atoms with Crippen LogP contribution in [0, 0.1) is 0 Å². The summed E-state index contributed by atoms with van der Waals surface area (Å²) < 4.78 is 12.4. The Morgan fingerprint density at radius 1 is 1.50 bits per heavy atom. The average Bonchev–Trinajstić information content (AvgIpc) is 2.78. The van der Waals surface area contributed by atoms with E-state index >= 15 is 0 Å². The predicted molar refractivity (Wildman–Crippen MR) is 69.3 cm³/mol. The summed E-state index contributed by atoms with van der Waals surface area (Å²) in [5.41, 5.74) is 0.966. The van der Waals surface area contributed by atoms with Gasteiger partial charge in [-0.05, 0) is 19.9 Å². The molecule has 1 aromatic rings. The fraction of sp³-hybridized carbons (Fsp3) is 0.833. The van der Waals surface area contributed by atoms with Crippen molar-refractivity contribution in [3.05, 3.63) is 11.9 Å². The molecule has 0 saturated carbocycles. The van der Waals surface area contributed by atoms with Gasteiger partial charge in [0.15, 0.2) is 0 Å². The first-order chi connectivity index (χ1) is 8.76. The summed E-state index contributed by atoms with van der Waals surface area (Å²) in [5.74, 6) is 0. The zero-order valence-electron chi connectivity index (χ0n) is 11.6. The van der Waals surface area contributed by atoms with E-state index in [-0.39, 0.29) is 6.10 Å². The Morgan fingerprint density at radius 3 is 3.06 bits per heavy atom. The summed E-state index contributed by atoms with van der Waals surface area (Å²) in [6, 6.07) is 0. The number of methoxy groups -OCH3 is 1. The molecule has 0 aliphatic heterocycles. The molecule has 6 heteroatoms. The van der Waals surface area contributed by atoms with E-state index in [2.05, 4.69) is 22.6 Å². The van der Waals surface area contributed by atoms with Gasteiger partial charge in [-0.2, -0.15) is 0 Å². The number of ether oxygens (including phenoxy) is 2. The molecule has 1 rings (SSSR count). The van der Waals surface area contributed by atoms with Gasteiger partial charge in [-0.25, -0.2) is 4.68 Å². The van der Waals surface area contributed by atoms with Crippen LogP contribution in [0.4, 0.5) is 0 Å². The van der Waals surface area contributed by atoms with Gasteiger partial charge in [0, 0.05) is 19.9 Å². The SMILES string of the molecule is CCCNCc1cn(CCOC(C)COC)nn1. The minimum atomic E-state index is 0.115. The Hall–Kier alpha value is -0.980. The van der Waals surface area contributed by atoms with Crippen LogP contribution in [0.15, 0.2) is 6.20 Å². The quantitative estimate of drug-likeness (QED) is 0.628. The molecule has 0 fully saturated rings. The summed E-state index contributed by atoms with van der Waals surface area (Å²) in [4.78, 5) is 0. The molecular formula is C12H24N4O2. The number of nitrogens with zero attached hydrogens (tertiary/aromatic N) is 3. The van der Waals surface area contributed by atoms with Crippen molar-refractivity contribution in [2.45, 2.75) is 39.5 Å². The Morgan fingerprint density at radius 2 is 2.33 bits per heavy atom. The van der Waals surface area contributed by atoms with Crippen molar-refractivity contribution in [2.24, 2.45) is 0 Å². The highest BCUT2D eigenvalue weighted by Crippen LogP contribution is 1.95. The Balaban J connectivity index is 2.18. The van der Waals surface area contributed by atoms with E-state index in [1.54, 1.807) is 7.11 Å². The lowest BCUT2D eigenvalue weighted by atomic mass is 10.4. The molecule has 0 bridgehead atoms. The second-order valence-corrected chi connectivity index (χ2v) is 4.29. The number of nitrogens with one attached hydrogen (secondary N) is 1. The van der Waals surface area contributed by atoms with Crippen LogP contribution in [-0.2, 0) is 22.6 Å². The lowest BCUT2D eigenvalue weighted by Crippen LogP contribution is -2.18. The minimum absolute atomic E-state index is 0.115. The largest absolute Gasteiger partial charge is 0.382 e. The summed E-state index contributed by atoms with van der Waals surface area (Å²) >= 11 is 0. The van der Waals surface area contributed by atoms with Gasteiger partial charge >= 0.3 is 0 Å². The van der Waals surface area contributed by atoms with E-state index in [1.165, 1.54) is 0 Å². The predicted octanol–water partition coefficient (Wildman–Crippen LogP) is 0.829. The van der Waals surface area contributed by atoms with Crippen molar-refractivity contribution >= 4 is 0 Å².